The van der Waals surface area contributed by atoms with Gasteiger partial charge in [0, 0.05) is 10.5 Å². The maximum Gasteiger partial charge on any atom is 0.139 e. The van der Waals surface area contributed by atoms with E-state index in [1.165, 1.54) is 29.2 Å². The third-order valence-electron chi connectivity index (χ3n) is 2.55. The zero-order valence-corrected chi connectivity index (χ0v) is 11.7. The lowest BCUT2D eigenvalue weighted by atomic mass is 10.2. The third kappa shape index (κ3) is 2.83. The Balaban J connectivity index is 2.37. The number of aliphatic hydroxyl groups is 1. The molecule has 1 heterocycles. The van der Waals surface area contributed by atoms with Crippen LogP contribution in [0.1, 0.15) is 16.7 Å². The maximum absolute atomic E-state index is 9.31. The van der Waals surface area contributed by atoms with Crippen molar-refractivity contribution in [3.8, 4) is 0 Å². The molecule has 0 aliphatic heterocycles. The van der Waals surface area contributed by atoms with E-state index in [-0.39, 0.29) is 6.61 Å². The van der Waals surface area contributed by atoms with E-state index in [4.69, 9.17) is 11.6 Å². The molecule has 0 atom stereocenters. The van der Waals surface area contributed by atoms with Crippen molar-refractivity contribution < 1.29 is 5.11 Å². The summed E-state index contributed by atoms with van der Waals surface area (Å²) in [6.07, 6.45) is 1.41. The summed E-state index contributed by atoms with van der Waals surface area (Å²) in [6, 6.07) is 6.22. The second-order valence-corrected chi connectivity index (χ2v) is 5.37. The molecule has 0 spiro atoms. The van der Waals surface area contributed by atoms with E-state index >= 15 is 0 Å². The maximum atomic E-state index is 9.31. The predicted molar refractivity (Wildman–Crippen MR) is 73.0 cm³/mol. The fourth-order valence-corrected chi connectivity index (χ4v) is 2.81. The van der Waals surface area contributed by atoms with Crippen molar-refractivity contribution >= 4 is 23.4 Å². The highest BCUT2D eigenvalue weighted by molar-refractivity contribution is 7.99. The molecule has 0 aliphatic rings. The monoisotopic (exact) mass is 280 g/mol. The number of benzene rings is 1. The Kier molecular flexibility index (Phi) is 4.22. The molecule has 1 aromatic carbocycles. The molecule has 5 heteroatoms. The summed E-state index contributed by atoms with van der Waals surface area (Å²) in [5, 5.41) is 10.3. The lowest BCUT2D eigenvalue weighted by Crippen LogP contribution is -1.95. The Bertz CT molecular complexity index is 575. The van der Waals surface area contributed by atoms with Crippen LogP contribution in [0, 0.1) is 13.8 Å². The van der Waals surface area contributed by atoms with Gasteiger partial charge < -0.3 is 5.11 Å². The number of aliphatic hydroxyl groups excluding tert-OH is 1. The van der Waals surface area contributed by atoms with Crippen molar-refractivity contribution in [1.29, 1.82) is 0 Å². The van der Waals surface area contributed by atoms with Crippen LogP contribution in [-0.4, -0.2) is 15.1 Å². The van der Waals surface area contributed by atoms with Crippen LogP contribution in [0.5, 0.6) is 0 Å². The Hall–Kier alpha value is -1.10. The first kappa shape index (κ1) is 13.3. The lowest BCUT2D eigenvalue weighted by molar-refractivity contribution is 0.277. The first-order chi connectivity index (χ1) is 8.61. The Morgan fingerprint density at radius 2 is 2.06 bits per heavy atom. The van der Waals surface area contributed by atoms with Crippen LogP contribution < -0.4 is 0 Å². The van der Waals surface area contributed by atoms with E-state index in [0.717, 1.165) is 4.90 Å². The summed E-state index contributed by atoms with van der Waals surface area (Å²) in [6.45, 7) is 3.95. The van der Waals surface area contributed by atoms with Gasteiger partial charge in [-0.25, -0.2) is 9.97 Å². The molecule has 0 fully saturated rings. The van der Waals surface area contributed by atoms with Crippen LogP contribution in [-0.2, 0) is 6.61 Å². The molecule has 1 N–H and O–H groups in total. The van der Waals surface area contributed by atoms with Crippen molar-refractivity contribution in [3.05, 3.63) is 46.4 Å². The molecule has 1 aromatic heterocycles. The first-order valence-corrected chi connectivity index (χ1v) is 6.66. The van der Waals surface area contributed by atoms with Crippen molar-refractivity contribution in [2.75, 3.05) is 0 Å². The minimum absolute atomic E-state index is 0.160. The highest BCUT2D eigenvalue weighted by Gasteiger charge is 2.11. The van der Waals surface area contributed by atoms with Crippen LogP contribution >= 0.6 is 23.4 Å². The molecular formula is C13H13ClN2OS. The van der Waals surface area contributed by atoms with Crippen LogP contribution in [0.3, 0.4) is 0 Å². The molecule has 0 saturated heterocycles. The summed E-state index contributed by atoms with van der Waals surface area (Å²) in [5.41, 5.74) is 2.97. The van der Waals surface area contributed by atoms with Gasteiger partial charge in [0.05, 0.1) is 6.61 Å². The van der Waals surface area contributed by atoms with Crippen LogP contribution in [0.2, 0.25) is 5.15 Å². The minimum atomic E-state index is -0.160. The van der Waals surface area contributed by atoms with E-state index < -0.39 is 0 Å². The second kappa shape index (κ2) is 5.69. The quantitative estimate of drug-likeness (QED) is 0.876. The largest absolute Gasteiger partial charge is 0.391 e. The minimum Gasteiger partial charge on any atom is -0.391 e. The Labute approximate surface area is 115 Å². The predicted octanol–water partition coefficient (Wildman–Crippen LogP) is 3.39. The molecule has 0 aliphatic carbocycles. The summed E-state index contributed by atoms with van der Waals surface area (Å²) < 4.78 is 0. The highest BCUT2D eigenvalue weighted by atomic mass is 35.5. The molecule has 94 valence electrons. The molecule has 18 heavy (non-hydrogen) atoms. The molecule has 0 radical (unpaired) electrons. The zero-order valence-electron chi connectivity index (χ0n) is 10.1. The Morgan fingerprint density at radius 1 is 1.28 bits per heavy atom. The summed E-state index contributed by atoms with van der Waals surface area (Å²) in [5.74, 6) is 0. The number of nitrogens with zero attached hydrogens (tertiary/aromatic N) is 2. The van der Waals surface area contributed by atoms with Gasteiger partial charge in [-0.15, -0.1) is 0 Å². The standard InChI is InChI=1S/C13H13ClN2OS/c1-8-3-4-11(9(2)5-8)18-13-10(6-17)12(14)15-7-16-13/h3-5,7,17H,6H2,1-2H3. The molecule has 0 unspecified atom stereocenters. The normalized spacial score (nSPS) is 10.7. The van der Waals surface area contributed by atoms with Crippen LogP contribution in [0.15, 0.2) is 34.4 Å². The van der Waals surface area contributed by atoms with E-state index in [2.05, 4.69) is 35.9 Å². The fraction of sp³-hybridized carbons (Fsp3) is 0.231. The molecular weight excluding hydrogens is 268 g/mol. The van der Waals surface area contributed by atoms with E-state index in [9.17, 15) is 5.11 Å². The molecule has 3 nitrogen and oxygen atoms in total. The van der Waals surface area contributed by atoms with Crippen molar-refractivity contribution in [1.82, 2.24) is 9.97 Å². The SMILES string of the molecule is Cc1ccc(Sc2ncnc(Cl)c2CO)c(C)c1. The molecule has 2 aromatic rings. The van der Waals surface area contributed by atoms with Crippen LogP contribution in [0.25, 0.3) is 0 Å². The topological polar surface area (TPSA) is 46.0 Å². The number of halogens is 1. The third-order valence-corrected chi connectivity index (χ3v) is 4.10. The number of rotatable bonds is 3. The molecule has 2 rings (SSSR count). The van der Waals surface area contributed by atoms with Gasteiger partial charge in [-0.1, -0.05) is 41.1 Å². The first-order valence-electron chi connectivity index (χ1n) is 5.47. The number of aryl methyl sites for hydroxylation is 2. The average molecular weight is 281 g/mol. The smallest absolute Gasteiger partial charge is 0.139 e. The Morgan fingerprint density at radius 3 is 2.72 bits per heavy atom. The highest BCUT2D eigenvalue weighted by Crippen LogP contribution is 2.33. The number of aromatic nitrogens is 2. The fourth-order valence-electron chi connectivity index (χ4n) is 1.61. The summed E-state index contributed by atoms with van der Waals surface area (Å²) in [7, 11) is 0. The second-order valence-electron chi connectivity index (χ2n) is 3.98. The van der Waals surface area contributed by atoms with Crippen molar-refractivity contribution in [2.45, 2.75) is 30.4 Å². The number of hydrogen-bond acceptors (Lipinski definition) is 4. The van der Waals surface area contributed by atoms with Crippen molar-refractivity contribution in [2.24, 2.45) is 0 Å². The number of hydrogen-bond donors (Lipinski definition) is 1. The van der Waals surface area contributed by atoms with Gasteiger partial charge in [0.1, 0.15) is 16.5 Å². The van der Waals surface area contributed by atoms with Gasteiger partial charge >= 0.3 is 0 Å². The molecule has 0 bridgehead atoms. The van der Waals surface area contributed by atoms with Gasteiger partial charge in [0.2, 0.25) is 0 Å². The zero-order chi connectivity index (χ0) is 13.1. The lowest BCUT2D eigenvalue weighted by Gasteiger charge is -2.09. The van der Waals surface area contributed by atoms with E-state index in [0.29, 0.717) is 15.7 Å². The molecule has 0 amide bonds. The van der Waals surface area contributed by atoms with E-state index in [1.54, 1.807) is 0 Å². The van der Waals surface area contributed by atoms with Gasteiger partial charge in [-0.2, -0.15) is 0 Å². The van der Waals surface area contributed by atoms with E-state index in [1.807, 2.05) is 6.07 Å². The molecule has 0 saturated carbocycles. The van der Waals surface area contributed by atoms with Crippen molar-refractivity contribution in [3.63, 3.8) is 0 Å². The average Bonchev–Trinajstić information content (AvgIpc) is 2.33. The van der Waals surface area contributed by atoms with Crippen LogP contribution in [0.4, 0.5) is 0 Å². The summed E-state index contributed by atoms with van der Waals surface area (Å²) >= 11 is 7.43. The van der Waals surface area contributed by atoms with Gasteiger partial charge in [0.15, 0.2) is 0 Å². The van der Waals surface area contributed by atoms with Gasteiger partial charge in [0.25, 0.3) is 0 Å². The summed E-state index contributed by atoms with van der Waals surface area (Å²) in [4.78, 5) is 9.15. The van der Waals surface area contributed by atoms with Gasteiger partial charge in [-0.05, 0) is 25.5 Å². The van der Waals surface area contributed by atoms with Gasteiger partial charge in [-0.3, -0.25) is 0 Å².